The van der Waals surface area contributed by atoms with E-state index in [0.717, 1.165) is 19.3 Å². The third-order valence-corrected chi connectivity index (χ3v) is 2.48. The highest BCUT2D eigenvalue weighted by Crippen LogP contribution is 2.16. The van der Waals surface area contributed by atoms with Crippen LogP contribution in [0.25, 0.3) is 0 Å². The summed E-state index contributed by atoms with van der Waals surface area (Å²) in [5.74, 6) is 0.411. The van der Waals surface area contributed by atoms with E-state index in [1.54, 1.807) is 6.92 Å². The third kappa shape index (κ3) is 2.95. The van der Waals surface area contributed by atoms with Gasteiger partial charge in [0.25, 0.3) is 5.91 Å². The highest BCUT2D eigenvalue weighted by atomic mass is 16.4. The van der Waals surface area contributed by atoms with Crippen LogP contribution in [0.15, 0.2) is 4.99 Å². The molecule has 1 aliphatic heterocycles. The zero-order chi connectivity index (χ0) is 12.2. The maximum absolute atomic E-state index is 11.6. The Bertz CT molecular complexity index is 327. The Labute approximate surface area is 94.1 Å². The molecule has 1 rings (SSSR count). The van der Waals surface area contributed by atoms with E-state index in [-0.39, 0.29) is 12.5 Å². The number of carbonyl (C=O) groups excluding carboxylic acids is 1. The van der Waals surface area contributed by atoms with Gasteiger partial charge in [-0.15, -0.1) is 0 Å². The average molecular weight is 227 g/mol. The molecule has 1 unspecified atom stereocenters. The van der Waals surface area contributed by atoms with Gasteiger partial charge < -0.3 is 15.7 Å². The molecule has 0 aromatic rings. The van der Waals surface area contributed by atoms with Crippen LogP contribution in [0.4, 0.5) is 4.79 Å². The predicted molar refractivity (Wildman–Crippen MR) is 59.5 cm³/mol. The van der Waals surface area contributed by atoms with Crippen LogP contribution in [0.1, 0.15) is 33.1 Å². The molecule has 0 saturated heterocycles. The van der Waals surface area contributed by atoms with Crippen molar-refractivity contribution in [3.8, 4) is 0 Å². The SMILES string of the molecule is CCCCC1=NC(C)(CNC(=O)O)C(=O)N1. The number of aliphatic imine (C=N–C) groups is 1. The first kappa shape index (κ1) is 12.5. The van der Waals surface area contributed by atoms with E-state index in [1.807, 2.05) is 0 Å². The van der Waals surface area contributed by atoms with Crippen LogP contribution in [-0.2, 0) is 4.79 Å². The highest BCUT2D eigenvalue weighted by Gasteiger charge is 2.38. The molecule has 0 aliphatic carbocycles. The second kappa shape index (κ2) is 4.96. The molecule has 3 N–H and O–H groups in total. The molecule has 0 aromatic heterocycles. The second-order valence-electron chi connectivity index (χ2n) is 4.05. The van der Waals surface area contributed by atoms with Crippen molar-refractivity contribution in [1.82, 2.24) is 10.6 Å². The fraction of sp³-hybridized carbons (Fsp3) is 0.700. The summed E-state index contributed by atoms with van der Waals surface area (Å²) in [5.41, 5.74) is -0.999. The first-order valence-electron chi connectivity index (χ1n) is 5.35. The van der Waals surface area contributed by atoms with Gasteiger partial charge in [0.1, 0.15) is 5.84 Å². The first-order chi connectivity index (χ1) is 7.48. The minimum Gasteiger partial charge on any atom is -0.465 e. The molecule has 0 spiro atoms. The van der Waals surface area contributed by atoms with E-state index in [0.29, 0.717) is 5.84 Å². The summed E-state index contributed by atoms with van der Waals surface area (Å²) in [6.45, 7) is 3.68. The molecular weight excluding hydrogens is 210 g/mol. The van der Waals surface area contributed by atoms with Gasteiger partial charge in [-0.3, -0.25) is 9.79 Å². The molecule has 0 fully saturated rings. The maximum Gasteiger partial charge on any atom is 0.404 e. The summed E-state index contributed by atoms with van der Waals surface area (Å²) < 4.78 is 0. The molecule has 1 heterocycles. The van der Waals surface area contributed by atoms with Crippen LogP contribution < -0.4 is 10.6 Å². The zero-order valence-electron chi connectivity index (χ0n) is 9.54. The van der Waals surface area contributed by atoms with Crippen molar-refractivity contribution in [2.45, 2.75) is 38.6 Å². The van der Waals surface area contributed by atoms with Gasteiger partial charge in [-0.05, 0) is 13.3 Å². The van der Waals surface area contributed by atoms with Crippen molar-refractivity contribution in [3.63, 3.8) is 0 Å². The number of carboxylic acid groups (broad SMARTS) is 1. The number of rotatable bonds is 5. The molecule has 0 aromatic carbocycles. The van der Waals surface area contributed by atoms with Crippen molar-refractivity contribution in [2.24, 2.45) is 4.99 Å². The fourth-order valence-electron chi connectivity index (χ4n) is 1.47. The Kier molecular flexibility index (Phi) is 3.87. The van der Waals surface area contributed by atoms with Crippen LogP contribution in [0.3, 0.4) is 0 Å². The number of unbranched alkanes of at least 4 members (excludes halogenated alkanes) is 1. The second-order valence-corrected chi connectivity index (χ2v) is 4.05. The van der Waals surface area contributed by atoms with Crippen LogP contribution in [0.2, 0.25) is 0 Å². The van der Waals surface area contributed by atoms with E-state index < -0.39 is 11.6 Å². The summed E-state index contributed by atoms with van der Waals surface area (Å²) in [6.07, 6.45) is 1.57. The van der Waals surface area contributed by atoms with Crippen molar-refractivity contribution in [3.05, 3.63) is 0 Å². The Morgan fingerprint density at radius 2 is 2.31 bits per heavy atom. The molecule has 0 bridgehead atoms. The number of carbonyl (C=O) groups is 2. The van der Waals surface area contributed by atoms with Crippen LogP contribution in [0.5, 0.6) is 0 Å². The molecule has 1 aliphatic rings. The molecule has 0 radical (unpaired) electrons. The zero-order valence-corrected chi connectivity index (χ0v) is 9.54. The van der Waals surface area contributed by atoms with Gasteiger partial charge in [-0.25, -0.2) is 4.79 Å². The smallest absolute Gasteiger partial charge is 0.404 e. The Morgan fingerprint density at radius 3 is 2.88 bits per heavy atom. The van der Waals surface area contributed by atoms with Crippen LogP contribution in [-0.4, -0.2) is 35.0 Å². The maximum atomic E-state index is 11.6. The minimum absolute atomic E-state index is 0.00376. The highest BCUT2D eigenvalue weighted by molar-refractivity contribution is 6.08. The number of hydrogen-bond donors (Lipinski definition) is 3. The largest absolute Gasteiger partial charge is 0.465 e. The van der Waals surface area contributed by atoms with Gasteiger partial charge in [-0.2, -0.15) is 0 Å². The van der Waals surface area contributed by atoms with E-state index in [2.05, 4.69) is 22.5 Å². The number of hydrogen-bond acceptors (Lipinski definition) is 3. The minimum atomic E-state index is -1.15. The standard InChI is InChI=1S/C10H17N3O3/c1-3-4-5-7-12-8(14)10(2,13-7)6-11-9(15)16/h11H,3-6H2,1-2H3,(H,15,16)(H,12,13,14). The van der Waals surface area contributed by atoms with E-state index in [9.17, 15) is 9.59 Å². The summed E-state index contributed by atoms with van der Waals surface area (Å²) in [5, 5.41) is 13.4. The van der Waals surface area contributed by atoms with Gasteiger partial charge in [0.15, 0.2) is 5.54 Å². The Balaban J connectivity index is 2.60. The topological polar surface area (TPSA) is 90.8 Å². The monoisotopic (exact) mass is 227 g/mol. The fourth-order valence-corrected chi connectivity index (χ4v) is 1.47. The van der Waals surface area contributed by atoms with Crippen molar-refractivity contribution < 1.29 is 14.7 Å². The summed E-state index contributed by atoms with van der Waals surface area (Å²) in [6, 6.07) is 0. The lowest BCUT2D eigenvalue weighted by molar-refractivity contribution is -0.123. The molecular formula is C10H17N3O3. The normalized spacial score (nSPS) is 23.9. The first-order valence-corrected chi connectivity index (χ1v) is 5.35. The number of nitrogens with zero attached hydrogens (tertiary/aromatic N) is 1. The van der Waals surface area contributed by atoms with E-state index in [4.69, 9.17) is 5.11 Å². The third-order valence-electron chi connectivity index (χ3n) is 2.48. The van der Waals surface area contributed by atoms with E-state index >= 15 is 0 Å². The number of amidine groups is 1. The Hall–Kier alpha value is -1.59. The molecule has 2 amide bonds. The average Bonchev–Trinajstić information content (AvgIpc) is 2.50. The number of amides is 2. The number of nitrogens with one attached hydrogen (secondary N) is 2. The quantitative estimate of drug-likeness (QED) is 0.646. The lowest BCUT2D eigenvalue weighted by Gasteiger charge is -2.16. The van der Waals surface area contributed by atoms with Gasteiger partial charge in [-0.1, -0.05) is 13.3 Å². The molecule has 16 heavy (non-hydrogen) atoms. The van der Waals surface area contributed by atoms with Crippen LogP contribution >= 0.6 is 0 Å². The van der Waals surface area contributed by atoms with Gasteiger partial charge in [0.2, 0.25) is 0 Å². The predicted octanol–water partition coefficient (Wildman–Crippen LogP) is 0.731. The lowest BCUT2D eigenvalue weighted by Crippen LogP contribution is -2.46. The summed E-state index contributed by atoms with van der Waals surface area (Å²) in [7, 11) is 0. The van der Waals surface area contributed by atoms with Gasteiger partial charge >= 0.3 is 6.09 Å². The molecule has 6 heteroatoms. The lowest BCUT2D eigenvalue weighted by atomic mass is 10.0. The van der Waals surface area contributed by atoms with E-state index in [1.165, 1.54) is 0 Å². The Morgan fingerprint density at radius 1 is 1.62 bits per heavy atom. The molecule has 90 valence electrons. The molecule has 6 nitrogen and oxygen atoms in total. The summed E-state index contributed by atoms with van der Waals surface area (Å²) >= 11 is 0. The molecule has 1 atom stereocenters. The van der Waals surface area contributed by atoms with Gasteiger partial charge in [0.05, 0.1) is 6.54 Å². The van der Waals surface area contributed by atoms with Crippen LogP contribution in [0, 0.1) is 0 Å². The molecule has 0 saturated carbocycles. The van der Waals surface area contributed by atoms with Crippen molar-refractivity contribution in [1.29, 1.82) is 0 Å². The van der Waals surface area contributed by atoms with Crippen molar-refractivity contribution in [2.75, 3.05) is 6.54 Å². The van der Waals surface area contributed by atoms with Gasteiger partial charge in [0, 0.05) is 6.42 Å². The summed E-state index contributed by atoms with van der Waals surface area (Å²) in [4.78, 5) is 26.2. The van der Waals surface area contributed by atoms with Crippen molar-refractivity contribution >= 4 is 17.8 Å².